The summed E-state index contributed by atoms with van der Waals surface area (Å²) in [4.78, 5) is 20.4. The molecule has 0 saturated heterocycles. The van der Waals surface area contributed by atoms with Gasteiger partial charge in [-0.3, -0.25) is 4.79 Å². The smallest absolute Gasteiger partial charge is 0.320 e. The number of hydrogen-bond donors (Lipinski definition) is 1. The third-order valence-corrected chi connectivity index (χ3v) is 6.41. The van der Waals surface area contributed by atoms with Gasteiger partial charge in [-0.25, -0.2) is 4.98 Å². The lowest BCUT2D eigenvalue weighted by molar-refractivity contribution is -0.136. The van der Waals surface area contributed by atoms with Gasteiger partial charge in [0.1, 0.15) is 4.83 Å². The fourth-order valence-electron chi connectivity index (χ4n) is 3.24. The molecule has 0 spiro atoms. The number of pyridine rings is 2. The summed E-state index contributed by atoms with van der Waals surface area (Å²) in [7, 11) is 0. The molecule has 4 heterocycles. The molecule has 4 aromatic heterocycles. The van der Waals surface area contributed by atoms with Crippen molar-refractivity contribution < 1.29 is 13.2 Å². The maximum Gasteiger partial charge on any atom is 0.417 e. The normalized spacial score (nSPS) is 12.4. The van der Waals surface area contributed by atoms with Crippen molar-refractivity contribution in [1.29, 1.82) is 0 Å². The molecule has 27 heavy (non-hydrogen) atoms. The first kappa shape index (κ1) is 16.5. The largest absolute Gasteiger partial charge is 0.417 e. The van der Waals surface area contributed by atoms with E-state index in [1.54, 1.807) is 41.8 Å². The molecule has 0 fully saturated rings. The van der Waals surface area contributed by atoms with E-state index in [1.165, 1.54) is 11.3 Å². The number of nitrogens with zero attached hydrogens (tertiary/aromatic N) is 1. The average molecular weight is 402 g/mol. The van der Waals surface area contributed by atoms with Crippen molar-refractivity contribution in [2.24, 2.45) is 0 Å². The number of fused-ring (bicyclic) bond motifs is 5. The van der Waals surface area contributed by atoms with E-state index in [1.807, 2.05) is 0 Å². The van der Waals surface area contributed by atoms with Crippen LogP contribution in [-0.4, -0.2) is 9.97 Å². The quantitative estimate of drug-likeness (QED) is 0.372. The van der Waals surface area contributed by atoms with Crippen molar-refractivity contribution in [3.05, 3.63) is 63.8 Å². The van der Waals surface area contributed by atoms with E-state index in [0.29, 0.717) is 20.3 Å². The van der Waals surface area contributed by atoms with Gasteiger partial charge in [-0.2, -0.15) is 13.2 Å². The summed E-state index contributed by atoms with van der Waals surface area (Å²) in [6, 6.07) is 11.5. The highest BCUT2D eigenvalue weighted by atomic mass is 32.1. The van der Waals surface area contributed by atoms with E-state index >= 15 is 0 Å². The van der Waals surface area contributed by atoms with Gasteiger partial charge in [-0.05, 0) is 23.6 Å². The summed E-state index contributed by atoms with van der Waals surface area (Å²) in [5.41, 5.74) is -0.722. The van der Waals surface area contributed by atoms with E-state index < -0.39 is 17.3 Å². The average Bonchev–Trinajstić information content (AvgIpc) is 3.28. The Morgan fingerprint density at radius 3 is 2.52 bits per heavy atom. The van der Waals surface area contributed by atoms with Crippen LogP contribution in [0.3, 0.4) is 0 Å². The van der Waals surface area contributed by atoms with Crippen LogP contribution >= 0.6 is 22.7 Å². The second-order valence-corrected chi connectivity index (χ2v) is 7.96. The highest BCUT2D eigenvalue weighted by Crippen LogP contribution is 2.44. The van der Waals surface area contributed by atoms with Crippen LogP contribution in [0.15, 0.2) is 52.6 Å². The molecule has 0 unspecified atom stereocenters. The van der Waals surface area contributed by atoms with Crippen LogP contribution in [0.1, 0.15) is 5.56 Å². The number of benzene rings is 1. The van der Waals surface area contributed by atoms with Gasteiger partial charge in [-0.15, -0.1) is 22.7 Å². The number of hydrogen-bond acceptors (Lipinski definition) is 4. The Kier molecular flexibility index (Phi) is 3.44. The van der Waals surface area contributed by atoms with Gasteiger partial charge in [0.25, 0.3) is 5.56 Å². The molecule has 8 heteroatoms. The molecule has 1 N–H and O–H groups in total. The molecule has 0 saturated carbocycles. The van der Waals surface area contributed by atoms with Gasteiger partial charge >= 0.3 is 6.18 Å². The molecule has 0 aliphatic heterocycles. The molecule has 5 aromatic rings. The van der Waals surface area contributed by atoms with E-state index in [2.05, 4.69) is 9.97 Å². The first-order valence-electron chi connectivity index (χ1n) is 7.93. The second kappa shape index (κ2) is 5.64. The Hall–Kier alpha value is -2.71. The molecule has 0 radical (unpaired) electrons. The number of H-pyrrole nitrogens is 1. The van der Waals surface area contributed by atoms with Crippen LogP contribution < -0.4 is 5.56 Å². The van der Waals surface area contributed by atoms with Crippen molar-refractivity contribution >= 4 is 53.9 Å². The van der Waals surface area contributed by atoms with Crippen LogP contribution in [-0.2, 0) is 6.18 Å². The zero-order valence-electron chi connectivity index (χ0n) is 13.4. The van der Waals surface area contributed by atoms with Gasteiger partial charge in [0.2, 0.25) is 0 Å². The number of nitrogens with one attached hydrogen (secondary N) is 1. The lowest BCUT2D eigenvalue weighted by Crippen LogP contribution is -2.08. The number of thiophene rings is 2. The summed E-state index contributed by atoms with van der Waals surface area (Å²) in [5, 5.41) is 2.82. The molecular weight excluding hydrogens is 393 g/mol. The summed E-state index contributed by atoms with van der Waals surface area (Å²) in [5.74, 6) is 0. The standard InChI is InChI=1S/C19H9F3N2OS2/c20-19(21,22)11-8-12(13-6-3-7-26-13)23-18-14(11)15-16(27-18)9-4-1-2-5-10(9)17(25)24-15/h1-8H,(H,24,25). The highest BCUT2D eigenvalue weighted by molar-refractivity contribution is 7.26. The minimum Gasteiger partial charge on any atom is -0.320 e. The van der Waals surface area contributed by atoms with Gasteiger partial charge in [0, 0.05) is 16.2 Å². The van der Waals surface area contributed by atoms with Crippen molar-refractivity contribution in [3.63, 3.8) is 0 Å². The van der Waals surface area contributed by atoms with Crippen molar-refractivity contribution in [2.45, 2.75) is 6.18 Å². The molecule has 0 atom stereocenters. The lowest BCUT2D eigenvalue weighted by Gasteiger charge is -2.10. The van der Waals surface area contributed by atoms with Crippen LogP contribution in [0.4, 0.5) is 13.2 Å². The monoisotopic (exact) mass is 402 g/mol. The SMILES string of the molecule is O=c1[nH]c2c(sc3nc(-c4cccs4)cc(C(F)(F)F)c32)c2ccccc12. The van der Waals surface area contributed by atoms with Crippen LogP contribution in [0.2, 0.25) is 0 Å². The fourth-order valence-corrected chi connectivity index (χ4v) is 5.12. The minimum atomic E-state index is -4.57. The molecule has 5 rings (SSSR count). The lowest BCUT2D eigenvalue weighted by atomic mass is 10.1. The Balaban J connectivity index is 2.00. The van der Waals surface area contributed by atoms with Crippen molar-refractivity contribution in [1.82, 2.24) is 9.97 Å². The number of halogens is 3. The number of alkyl halides is 3. The maximum atomic E-state index is 13.8. The Bertz CT molecular complexity index is 1380. The third kappa shape index (κ3) is 2.48. The van der Waals surface area contributed by atoms with Crippen molar-refractivity contribution in [3.8, 4) is 10.6 Å². The molecule has 0 bridgehead atoms. The molecule has 0 aliphatic carbocycles. The molecule has 0 aliphatic rings. The van der Waals surface area contributed by atoms with Crippen molar-refractivity contribution in [2.75, 3.05) is 0 Å². The summed E-state index contributed by atoms with van der Waals surface area (Å²) in [6.07, 6.45) is -4.57. The molecule has 0 amide bonds. The molecule has 1 aromatic carbocycles. The van der Waals surface area contributed by atoms with Crippen LogP contribution in [0, 0.1) is 0 Å². The highest BCUT2D eigenvalue weighted by Gasteiger charge is 2.35. The number of rotatable bonds is 1. The number of aromatic nitrogens is 2. The predicted octanol–water partition coefficient (Wildman–Crippen LogP) is 6.04. The second-order valence-electron chi connectivity index (χ2n) is 6.02. The Morgan fingerprint density at radius 1 is 1.04 bits per heavy atom. The van der Waals surface area contributed by atoms with E-state index in [0.717, 1.165) is 17.4 Å². The summed E-state index contributed by atoms with van der Waals surface area (Å²) in [6.45, 7) is 0. The zero-order chi connectivity index (χ0) is 18.8. The van der Waals surface area contributed by atoms with E-state index in [-0.39, 0.29) is 21.4 Å². The van der Waals surface area contributed by atoms with E-state index in [9.17, 15) is 18.0 Å². The first-order chi connectivity index (χ1) is 12.9. The number of aromatic amines is 1. The predicted molar refractivity (Wildman–Crippen MR) is 104 cm³/mol. The van der Waals surface area contributed by atoms with Gasteiger partial charge in [0.05, 0.1) is 26.4 Å². The Labute approximate surface area is 157 Å². The van der Waals surface area contributed by atoms with E-state index in [4.69, 9.17) is 0 Å². The van der Waals surface area contributed by atoms with Gasteiger partial charge < -0.3 is 4.98 Å². The first-order valence-corrected chi connectivity index (χ1v) is 9.62. The zero-order valence-corrected chi connectivity index (χ0v) is 15.1. The topological polar surface area (TPSA) is 45.8 Å². The third-order valence-electron chi connectivity index (χ3n) is 4.40. The molecule has 3 nitrogen and oxygen atoms in total. The fraction of sp³-hybridized carbons (Fsp3) is 0.0526. The molecular formula is C19H9F3N2OS2. The summed E-state index contributed by atoms with van der Waals surface area (Å²) < 4.78 is 42.1. The van der Waals surface area contributed by atoms with Crippen LogP contribution in [0.25, 0.3) is 41.8 Å². The Morgan fingerprint density at radius 2 is 1.81 bits per heavy atom. The van der Waals surface area contributed by atoms with Crippen LogP contribution in [0.5, 0.6) is 0 Å². The maximum absolute atomic E-state index is 13.8. The molecule has 134 valence electrons. The van der Waals surface area contributed by atoms with Gasteiger partial charge in [-0.1, -0.05) is 24.3 Å². The minimum absolute atomic E-state index is 0.0503. The summed E-state index contributed by atoms with van der Waals surface area (Å²) >= 11 is 2.50. The van der Waals surface area contributed by atoms with Gasteiger partial charge in [0.15, 0.2) is 0 Å².